The Bertz CT molecular complexity index is 567. The minimum atomic E-state index is -0.455. The first-order valence-electron chi connectivity index (χ1n) is 4.76. The summed E-state index contributed by atoms with van der Waals surface area (Å²) in [5.74, 6) is 0. The molecule has 2 rings (SSSR count). The second-order valence-corrected chi connectivity index (χ2v) is 4.62. The average molecular weight is 250 g/mol. The SMILES string of the molecule is Cn1cc(Sc2cc(N)cc([N+](=O)[O-])c2)cn1. The van der Waals surface area contributed by atoms with E-state index in [1.54, 1.807) is 16.9 Å². The predicted octanol–water partition coefficient (Wildman–Crippen LogP) is 2.06. The topological polar surface area (TPSA) is 87.0 Å². The Morgan fingerprint density at radius 2 is 2.18 bits per heavy atom. The summed E-state index contributed by atoms with van der Waals surface area (Å²) in [6.07, 6.45) is 3.53. The molecule has 17 heavy (non-hydrogen) atoms. The highest BCUT2D eigenvalue weighted by atomic mass is 32.2. The monoisotopic (exact) mass is 250 g/mol. The molecule has 7 heteroatoms. The second-order valence-electron chi connectivity index (χ2n) is 3.47. The van der Waals surface area contributed by atoms with Crippen molar-refractivity contribution in [3.63, 3.8) is 0 Å². The van der Waals surface area contributed by atoms with Crippen LogP contribution in [0.2, 0.25) is 0 Å². The fraction of sp³-hybridized carbons (Fsp3) is 0.100. The lowest BCUT2D eigenvalue weighted by atomic mass is 10.3. The van der Waals surface area contributed by atoms with E-state index < -0.39 is 4.92 Å². The molecule has 88 valence electrons. The smallest absolute Gasteiger partial charge is 0.272 e. The first-order valence-corrected chi connectivity index (χ1v) is 5.58. The summed E-state index contributed by atoms with van der Waals surface area (Å²) in [4.78, 5) is 11.9. The third-order valence-corrected chi connectivity index (χ3v) is 2.96. The molecule has 0 unspecified atom stereocenters. The van der Waals surface area contributed by atoms with Crippen molar-refractivity contribution >= 4 is 23.1 Å². The highest BCUT2D eigenvalue weighted by Crippen LogP contribution is 2.31. The number of hydrogen-bond acceptors (Lipinski definition) is 5. The molecular weight excluding hydrogens is 240 g/mol. The van der Waals surface area contributed by atoms with Crippen molar-refractivity contribution < 1.29 is 4.92 Å². The van der Waals surface area contributed by atoms with Crippen LogP contribution in [0.25, 0.3) is 0 Å². The van der Waals surface area contributed by atoms with Crippen molar-refractivity contribution in [2.24, 2.45) is 7.05 Å². The number of non-ortho nitro benzene ring substituents is 1. The molecule has 2 N–H and O–H groups in total. The van der Waals surface area contributed by atoms with Crippen molar-refractivity contribution in [2.75, 3.05) is 5.73 Å². The number of nitrogens with zero attached hydrogens (tertiary/aromatic N) is 3. The second kappa shape index (κ2) is 4.46. The molecule has 1 aromatic heterocycles. The normalized spacial score (nSPS) is 10.4. The number of aryl methyl sites for hydroxylation is 1. The maximum Gasteiger partial charge on any atom is 0.272 e. The summed E-state index contributed by atoms with van der Waals surface area (Å²) in [6.45, 7) is 0. The first-order chi connectivity index (χ1) is 8.04. The molecule has 0 aliphatic carbocycles. The fourth-order valence-electron chi connectivity index (χ4n) is 1.36. The number of nitrogen functional groups attached to an aromatic ring is 1. The third kappa shape index (κ3) is 2.76. The Morgan fingerprint density at radius 1 is 1.41 bits per heavy atom. The van der Waals surface area contributed by atoms with E-state index in [2.05, 4.69) is 5.10 Å². The van der Waals surface area contributed by atoms with E-state index >= 15 is 0 Å². The van der Waals surface area contributed by atoms with Crippen LogP contribution >= 0.6 is 11.8 Å². The van der Waals surface area contributed by atoms with Gasteiger partial charge in [0, 0.05) is 36.0 Å². The van der Waals surface area contributed by atoms with Crippen molar-refractivity contribution in [1.29, 1.82) is 0 Å². The number of anilines is 1. The Balaban J connectivity index is 2.29. The van der Waals surface area contributed by atoms with Gasteiger partial charge in [-0.25, -0.2) is 0 Å². The number of nitro benzene ring substituents is 1. The van der Waals surface area contributed by atoms with Crippen LogP contribution in [0.3, 0.4) is 0 Å². The van der Waals surface area contributed by atoms with Gasteiger partial charge in [-0.2, -0.15) is 5.10 Å². The predicted molar refractivity (Wildman–Crippen MR) is 64.8 cm³/mol. The zero-order valence-electron chi connectivity index (χ0n) is 9.03. The van der Waals surface area contributed by atoms with Crippen molar-refractivity contribution in [2.45, 2.75) is 9.79 Å². The summed E-state index contributed by atoms with van der Waals surface area (Å²) in [5, 5.41) is 14.7. The highest BCUT2D eigenvalue weighted by molar-refractivity contribution is 7.99. The number of rotatable bonds is 3. The lowest BCUT2D eigenvalue weighted by Crippen LogP contribution is -1.91. The molecule has 1 aromatic carbocycles. The molecule has 0 amide bonds. The zero-order chi connectivity index (χ0) is 12.4. The van der Waals surface area contributed by atoms with Crippen LogP contribution in [0.15, 0.2) is 40.4 Å². The van der Waals surface area contributed by atoms with Crippen LogP contribution in [0.5, 0.6) is 0 Å². The van der Waals surface area contributed by atoms with Crippen molar-refractivity contribution in [3.05, 3.63) is 40.7 Å². The average Bonchev–Trinajstić information content (AvgIpc) is 2.63. The van der Waals surface area contributed by atoms with Gasteiger partial charge in [-0.05, 0) is 6.07 Å². The van der Waals surface area contributed by atoms with Gasteiger partial charge in [0.1, 0.15) is 0 Å². The van der Waals surface area contributed by atoms with Crippen LogP contribution in [0.1, 0.15) is 0 Å². The van der Waals surface area contributed by atoms with Gasteiger partial charge in [0.25, 0.3) is 5.69 Å². The van der Waals surface area contributed by atoms with E-state index in [1.165, 1.54) is 23.9 Å². The summed E-state index contributed by atoms with van der Waals surface area (Å²) < 4.78 is 1.67. The van der Waals surface area contributed by atoms with E-state index in [-0.39, 0.29) is 5.69 Å². The largest absolute Gasteiger partial charge is 0.398 e. The molecule has 0 aliphatic heterocycles. The Kier molecular flexibility index (Phi) is 3.01. The number of benzene rings is 1. The molecule has 0 saturated carbocycles. The molecule has 2 aromatic rings. The molecule has 0 atom stereocenters. The number of nitro groups is 1. The van der Waals surface area contributed by atoms with Gasteiger partial charge in [-0.1, -0.05) is 11.8 Å². The van der Waals surface area contributed by atoms with Gasteiger partial charge in [-0.3, -0.25) is 14.8 Å². The Morgan fingerprint density at radius 3 is 2.76 bits per heavy atom. The molecule has 0 bridgehead atoms. The van der Waals surface area contributed by atoms with Gasteiger partial charge in [0.2, 0.25) is 0 Å². The zero-order valence-corrected chi connectivity index (χ0v) is 9.85. The standard InChI is InChI=1S/C10H10N4O2S/c1-13-6-10(5-12-13)17-9-3-7(11)2-8(4-9)14(15)16/h2-6H,11H2,1H3. The van der Waals surface area contributed by atoms with Gasteiger partial charge < -0.3 is 5.73 Å². The first kappa shape index (κ1) is 11.5. The third-order valence-electron chi connectivity index (χ3n) is 2.04. The number of aromatic nitrogens is 2. The minimum absolute atomic E-state index is 0.00334. The highest BCUT2D eigenvalue weighted by Gasteiger charge is 2.09. The minimum Gasteiger partial charge on any atom is -0.398 e. The summed E-state index contributed by atoms with van der Waals surface area (Å²) in [7, 11) is 1.81. The van der Waals surface area contributed by atoms with Crippen LogP contribution in [-0.2, 0) is 7.05 Å². The quantitative estimate of drug-likeness (QED) is 0.512. The molecule has 0 radical (unpaired) electrons. The number of nitrogens with two attached hydrogens (primary N) is 1. The fourth-order valence-corrected chi connectivity index (χ4v) is 2.31. The Labute approximate surface area is 102 Å². The van der Waals surface area contributed by atoms with Gasteiger partial charge in [0.05, 0.1) is 16.0 Å². The van der Waals surface area contributed by atoms with E-state index in [1.807, 2.05) is 13.2 Å². The van der Waals surface area contributed by atoms with Gasteiger partial charge in [0.15, 0.2) is 0 Å². The lowest BCUT2D eigenvalue weighted by Gasteiger charge is -2.00. The van der Waals surface area contributed by atoms with Crippen molar-refractivity contribution in [1.82, 2.24) is 9.78 Å². The molecule has 6 nitrogen and oxygen atoms in total. The lowest BCUT2D eigenvalue weighted by molar-refractivity contribution is -0.385. The maximum absolute atomic E-state index is 10.7. The van der Waals surface area contributed by atoms with E-state index in [0.29, 0.717) is 5.69 Å². The van der Waals surface area contributed by atoms with Crippen LogP contribution in [0, 0.1) is 10.1 Å². The van der Waals surface area contributed by atoms with Crippen LogP contribution in [-0.4, -0.2) is 14.7 Å². The summed E-state index contributed by atoms with van der Waals surface area (Å²) in [5.41, 5.74) is 5.99. The van der Waals surface area contributed by atoms with Crippen LogP contribution in [0.4, 0.5) is 11.4 Å². The van der Waals surface area contributed by atoms with Crippen LogP contribution < -0.4 is 5.73 Å². The Hall–Kier alpha value is -2.02. The molecule has 1 heterocycles. The van der Waals surface area contributed by atoms with Gasteiger partial charge in [-0.15, -0.1) is 0 Å². The molecule has 0 aliphatic rings. The number of hydrogen-bond donors (Lipinski definition) is 1. The molecule has 0 spiro atoms. The maximum atomic E-state index is 10.7. The van der Waals surface area contributed by atoms with E-state index in [0.717, 1.165) is 9.79 Å². The summed E-state index contributed by atoms with van der Waals surface area (Å²) in [6, 6.07) is 4.53. The molecular formula is C10H10N4O2S. The molecule has 0 fully saturated rings. The van der Waals surface area contributed by atoms with Gasteiger partial charge >= 0.3 is 0 Å². The van der Waals surface area contributed by atoms with E-state index in [4.69, 9.17) is 5.73 Å². The summed E-state index contributed by atoms with van der Waals surface area (Å²) >= 11 is 1.39. The van der Waals surface area contributed by atoms with E-state index in [9.17, 15) is 10.1 Å². The molecule has 0 saturated heterocycles. The van der Waals surface area contributed by atoms with Crippen molar-refractivity contribution in [3.8, 4) is 0 Å².